The number of hydrogen-bond donors (Lipinski definition) is 1. The first-order valence-electron chi connectivity index (χ1n) is 5.09. The third-order valence-electron chi connectivity index (χ3n) is 2.37. The van der Waals surface area contributed by atoms with Gasteiger partial charge in [-0.3, -0.25) is 4.79 Å². The van der Waals surface area contributed by atoms with Crippen LogP contribution in [0.1, 0.15) is 46.5 Å². The molecule has 82 valence electrons. The zero-order chi connectivity index (χ0) is 10.8. The Morgan fingerprint density at radius 2 is 1.86 bits per heavy atom. The summed E-state index contributed by atoms with van der Waals surface area (Å²) in [7, 11) is 0. The molecule has 14 heavy (non-hydrogen) atoms. The number of hydrogen-bond acceptors (Lipinski definition) is 3. The number of rotatable bonds is 2. The van der Waals surface area contributed by atoms with Crippen molar-refractivity contribution in [3.63, 3.8) is 0 Å². The van der Waals surface area contributed by atoms with Crippen LogP contribution in [0.25, 0.3) is 0 Å². The molecule has 1 aliphatic rings. The highest BCUT2D eigenvalue weighted by Gasteiger charge is 2.30. The zero-order valence-corrected chi connectivity index (χ0v) is 9.95. The van der Waals surface area contributed by atoms with E-state index in [0.717, 1.165) is 12.8 Å². The molecule has 0 aromatic heterocycles. The van der Waals surface area contributed by atoms with E-state index in [1.165, 1.54) is 0 Å². The Hall–Kier alpha value is -0.0600. The van der Waals surface area contributed by atoms with Gasteiger partial charge in [0, 0.05) is 24.2 Å². The van der Waals surface area contributed by atoms with Gasteiger partial charge in [0.15, 0.2) is 0 Å². The molecule has 1 rings (SSSR count). The predicted molar refractivity (Wildman–Crippen MR) is 58.3 cm³/mol. The van der Waals surface area contributed by atoms with Crippen LogP contribution in [0.4, 0.5) is 0 Å². The maximum absolute atomic E-state index is 11.7. The molecule has 4 heteroatoms. The highest BCUT2D eigenvalue weighted by molar-refractivity contribution is 7.90. The number of Topliss-reactive ketones (excluding diaryl/α,β-unsaturated/α-hetero) is 1. The minimum absolute atomic E-state index is 0.221. The largest absolute Gasteiger partial charge is 0.598 e. The summed E-state index contributed by atoms with van der Waals surface area (Å²) < 4.78 is 14.6. The molecule has 0 radical (unpaired) electrons. The lowest BCUT2D eigenvalue weighted by molar-refractivity contribution is -0.120. The van der Waals surface area contributed by atoms with Gasteiger partial charge < -0.3 is 4.55 Å². The molecule has 1 atom stereocenters. The molecule has 0 amide bonds. The third kappa shape index (κ3) is 3.59. The first-order chi connectivity index (χ1) is 6.39. The van der Waals surface area contributed by atoms with Crippen molar-refractivity contribution in [1.82, 2.24) is 4.72 Å². The average molecular weight is 217 g/mol. The summed E-state index contributed by atoms with van der Waals surface area (Å²) in [6.45, 7) is 5.85. The van der Waals surface area contributed by atoms with Gasteiger partial charge >= 0.3 is 0 Å². The Labute approximate surface area is 89.0 Å². The first kappa shape index (κ1) is 12.0. The maximum atomic E-state index is 11.7. The fourth-order valence-electron chi connectivity index (χ4n) is 1.39. The number of carbonyl (C=O) groups excluding carboxylic acids is 1. The van der Waals surface area contributed by atoms with Crippen molar-refractivity contribution in [2.75, 3.05) is 0 Å². The van der Waals surface area contributed by atoms with E-state index in [-0.39, 0.29) is 10.8 Å². The van der Waals surface area contributed by atoms with Crippen LogP contribution >= 0.6 is 0 Å². The van der Waals surface area contributed by atoms with Crippen molar-refractivity contribution < 1.29 is 9.35 Å². The maximum Gasteiger partial charge on any atom is 0.136 e. The van der Waals surface area contributed by atoms with Crippen molar-refractivity contribution in [3.8, 4) is 0 Å². The Morgan fingerprint density at radius 3 is 2.29 bits per heavy atom. The summed E-state index contributed by atoms with van der Waals surface area (Å²) in [5.41, 5.74) is 0. The fourth-order valence-corrected chi connectivity index (χ4v) is 2.28. The summed E-state index contributed by atoms with van der Waals surface area (Å²) in [5, 5.41) is 0. The van der Waals surface area contributed by atoms with Crippen molar-refractivity contribution in [1.29, 1.82) is 0 Å². The van der Waals surface area contributed by atoms with Crippen molar-refractivity contribution >= 4 is 17.1 Å². The van der Waals surface area contributed by atoms with Gasteiger partial charge in [0.2, 0.25) is 0 Å². The van der Waals surface area contributed by atoms with Gasteiger partial charge in [0.1, 0.15) is 10.5 Å². The number of nitrogens with one attached hydrogen (secondary N) is 1. The molecule has 0 heterocycles. The molecule has 1 saturated carbocycles. The van der Waals surface area contributed by atoms with E-state index >= 15 is 0 Å². The highest BCUT2D eigenvalue weighted by Crippen LogP contribution is 2.19. The lowest BCUT2D eigenvalue weighted by Crippen LogP contribution is -2.45. The molecule has 1 unspecified atom stereocenters. The molecule has 0 aromatic carbocycles. The van der Waals surface area contributed by atoms with E-state index in [9.17, 15) is 9.35 Å². The SMILES string of the molecule is CC(C)(C)[S+]([O-])NC1CCC(=O)CC1. The van der Waals surface area contributed by atoms with Gasteiger partial charge in [-0.15, -0.1) is 4.72 Å². The van der Waals surface area contributed by atoms with Gasteiger partial charge in [-0.25, -0.2) is 0 Å². The zero-order valence-electron chi connectivity index (χ0n) is 9.13. The van der Waals surface area contributed by atoms with Crippen LogP contribution in [0, 0.1) is 0 Å². The summed E-state index contributed by atoms with van der Waals surface area (Å²) in [6.07, 6.45) is 2.94. The molecule has 0 aliphatic heterocycles. The predicted octanol–water partition coefficient (Wildman–Crippen LogP) is 1.55. The molecule has 3 nitrogen and oxygen atoms in total. The summed E-state index contributed by atoms with van der Waals surface area (Å²) in [5.74, 6) is 0.338. The Morgan fingerprint density at radius 1 is 1.36 bits per heavy atom. The molecule has 0 aromatic rings. The van der Waals surface area contributed by atoms with E-state index < -0.39 is 11.4 Å². The van der Waals surface area contributed by atoms with E-state index in [1.54, 1.807) is 0 Å². The van der Waals surface area contributed by atoms with Crippen LogP contribution in [-0.2, 0) is 16.2 Å². The van der Waals surface area contributed by atoms with Crippen molar-refractivity contribution in [2.45, 2.75) is 57.2 Å². The first-order valence-corrected chi connectivity index (χ1v) is 6.24. The van der Waals surface area contributed by atoms with Crippen LogP contribution in [0.15, 0.2) is 0 Å². The van der Waals surface area contributed by atoms with Crippen LogP contribution in [-0.4, -0.2) is 21.1 Å². The Balaban J connectivity index is 2.34. The Bertz CT molecular complexity index is 203. The van der Waals surface area contributed by atoms with Gasteiger partial charge in [0.25, 0.3) is 0 Å². The van der Waals surface area contributed by atoms with Crippen LogP contribution in [0.3, 0.4) is 0 Å². The second-order valence-corrected chi connectivity index (χ2v) is 6.81. The molecule has 1 fully saturated rings. The number of carbonyl (C=O) groups is 1. The average Bonchev–Trinajstić information content (AvgIpc) is 2.07. The molecule has 1 N–H and O–H groups in total. The topological polar surface area (TPSA) is 52.2 Å². The second-order valence-electron chi connectivity index (χ2n) is 4.81. The standard InChI is InChI=1S/C10H19NO2S/c1-10(2,3)14(13)11-8-4-6-9(12)7-5-8/h8,11H,4-7H2,1-3H3. The van der Waals surface area contributed by atoms with Gasteiger partial charge in [-0.1, -0.05) is 0 Å². The Kier molecular flexibility index (Phi) is 3.98. The molecule has 1 aliphatic carbocycles. The summed E-state index contributed by atoms with van der Waals surface area (Å²) in [6, 6.07) is 0.257. The van der Waals surface area contributed by atoms with Crippen LogP contribution in [0.5, 0.6) is 0 Å². The van der Waals surface area contributed by atoms with Gasteiger partial charge in [-0.05, 0) is 33.6 Å². The lowest BCUT2D eigenvalue weighted by Gasteiger charge is -2.29. The van der Waals surface area contributed by atoms with Gasteiger partial charge in [-0.2, -0.15) is 0 Å². The minimum atomic E-state index is -1.01. The number of ketones is 1. The van der Waals surface area contributed by atoms with E-state index in [1.807, 2.05) is 20.8 Å². The normalized spacial score (nSPS) is 22.4. The summed E-state index contributed by atoms with van der Waals surface area (Å²) >= 11 is -1.01. The molecular weight excluding hydrogens is 198 g/mol. The van der Waals surface area contributed by atoms with E-state index in [2.05, 4.69) is 4.72 Å². The minimum Gasteiger partial charge on any atom is -0.598 e. The van der Waals surface area contributed by atoms with Crippen molar-refractivity contribution in [3.05, 3.63) is 0 Å². The fraction of sp³-hybridized carbons (Fsp3) is 0.900. The van der Waals surface area contributed by atoms with E-state index in [0.29, 0.717) is 18.6 Å². The second kappa shape index (κ2) is 4.64. The molecule has 0 spiro atoms. The van der Waals surface area contributed by atoms with Crippen molar-refractivity contribution in [2.24, 2.45) is 0 Å². The summed E-state index contributed by atoms with van der Waals surface area (Å²) in [4.78, 5) is 11.0. The smallest absolute Gasteiger partial charge is 0.136 e. The molecule has 0 saturated heterocycles. The van der Waals surface area contributed by atoms with Crippen LogP contribution in [0.2, 0.25) is 0 Å². The third-order valence-corrected chi connectivity index (χ3v) is 4.03. The molecular formula is C10H19NO2S. The molecule has 0 bridgehead atoms. The lowest BCUT2D eigenvalue weighted by atomic mass is 9.95. The quantitative estimate of drug-likeness (QED) is 0.714. The van der Waals surface area contributed by atoms with E-state index in [4.69, 9.17) is 0 Å². The van der Waals surface area contributed by atoms with Crippen LogP contribution < -0.4 is 4.72 Å². The highest BCUT2D eigenvalue weighted by atomic mass is 32.2. The monoisotopic (exact) mass is 217 g/mol. The van der Waals surface area contributed by atoms with Gasteiger partial charge in [0.05, 0.1) is 6.04 Å².